The fourth-order valence-corrected chi connectivity index (χ4v) is 1.97. The van der Waals surface area contributed by atoms with Crippen LogP contribution in [0, 0.1) is 0 Å². The number of hydrogen-bond donors (Lipinski definition) is 2. The Morgan fingerprint density at radius 1 is 1.29 bits per heavy atom. The van der Waals surface area contributed by atoms with Gasteiger partial charge >= 0.3 is 18.1 Å². The van der Waals surface area contributed by atoms with Gasteiger partial charge in [0.15, 0.2) is 5.78 Å². The number of amides is 1. The zero-order valence-corrected chi connectivity index (χ0v) is 10.3. The Morgan fingerprint density at radius 3 is 2.52 bits per heavy atom. The van der Waals surface area contributed by atoms with Crippen molar-refractivity contribution < 1.29 is 32.7 Å². The van der Waals surface area contributed by atoms with Crippen LogP contribution in [0.25, 0.3) is 0 Å². The molecule has 1 aromatic carbocycles. The maximum Gasteiger partial charge on any atom is 0.471 e. The number of anilines is 1. The van der Waals surface area contributed by atoms with Crippen LogP contribution >= 0.6 is 0 Å². The molecule has 1 aromatic rings. The highest BCUT2D eigenvalue weighted by atomic mass is 19.4. The molecule has 110 valence electrons. The molecular formula is C13H8F3NO4. The second kappa shape index (κ2) is 5.04. The van der Waals surface area contributed by atoms with Crippen molar-refractivity contribution in [1.29, 1.82) is 0 Å². The average molecular weight is 299 g/mol. The van der Waals surface area contributed by atoms with Crippen molar-refractivity contribution in [3.63, 3.8) is 0 Å². The maximum absolute atomic E-state index is 12.1. The normalized spacial score (nSPS) is 16.0. The van der Waals surface area contributed by atoms with Gasteiger partial charge in [-0.3, -0.25) is 9.59 Å². The number of allylic oxidation sites excluding steroid dienone is 1. The van der Waals surface area contributed by atoms with E-state index in [4.69, 9.17) is 5.11 Å². The van der Waals surface area contributed by atoms with Crippen LogP contribution in [0.2, 0.25) is 0 Å². The molecule has 0 aliphatic heterocycles. The van der Waals surface area contributed by atoms with Crippen molar-refractivity contribution in [2.45, 2.75) is 12.6 Å². The minimum absolute atomic E-state index is 0.00377. The number of carbonyl (C=O) groups excluding carboxylic acids is 2. The third-order valence-corrected chi connectivity index (χ3v) is 2.84. The molecule has 1 aliphatic rings. The Morgan fingerprint density at radius 2 is 1.95 bits per heavy atom. The van der Waals surface area contributed by atoms with E-state index in [1.807, 2.05) is 0 Å². The Hall–Kier alpha value is -2.64. The number of hydrogen-bond acceptors (Lipinski definition) is 3. The van der Waals surface area contributed by atoms with E-state index in [1.54, 1.807) is 5.32 Å². The predicted octanol–water partition coefficient (Wildman–Crippen LogP) is 1.94. The van der Waals surface area contributed by atoms with Gasteiger partial charge in [-0.25, -0.2) is 4.79 Å². The number of carboxylic acids is 1. The summed E-state index contributed by atoms with van der Waals surface area (Å²) < 4.78 is 36.4. The summed E-state index contributed by atoms with van der Waals surface area (Å²) in [6.45, 7) is 0. The molecule has 0 aromatic heterocycles. The van der Waals surface area contributed by atoms with E-state index in [0.29, 0.717) is 5.56 Å². The number of Topliss-reactive ketones (excluding diaryl/α,β-unsaturated/α-hetero) is 1. The summed E-state index contributed by atoms with van der Waals surface area (Å²) in [5.74, 6) is -3.88. The first kappa shape index (κ1) is 14.8. The smallest absolute Gasteiger partial charge is 0.471 e. The molecule has 0 bridgehead atoms. The van der Waals surface area contributed by atoms with Crippen LogP contribution in [0.5, 0.6) is 0 Å². The number of rotatable bonds is 2. The summed E-state index contributed by atoms with van der Waals surface area (Å²) in [4.78, 5) is 33.2. The summed E-state index contributed by atoms with van der Waals surface area (Å²) in [7, 11) is 0. The number of nitrogens with one attached hydrogen (secondary N) is 1. The van der Waals surface area contributed by atoms with Gasteiger partial charge in [0.25, 0.3) is 0 Å². The number of aliphatic carboxylic acids is 1. The van der Waals surface area contributed by atoms with Gasteiger partial charge in [-0.05, 0) is 23.8 Å². The predicted molar refractivity (Wildman–Crippen MR) is 64.9 cm³/mol. The lowest BCUT2D eigenvalue weighted by molar-refractivity contribution is -0.167. The van der Waals surface area contributed by atoms with Crippen LogP contribution in [-0.4, -0.2) is 28.9 Å². The molecule has 0 spiro atoms. The number of benzene rings is 1. The van der Waals surface area contributed by atoms with E-state index in [1.165, 1.54) is 12.1 Å². The molecule has 1 aliphatic carbocycles. The SMILES string of the molecule is O=C(O)C=C1Cc2cc(NC(=O)C(F)(F)F)ccc2C1=O. The highest BCUT2D eigenvalue weighted by molar-refractivity contribution is 6.15. The fourth-order valence-electron chi connectivity index (χ4n) is 1.97. The molecule has 0 fully saturated rings. The Labute approximate surface area is 116 Å². The molecule has 0 radical (unpaired) electrons. The highest BCUT2D eigenvalue weighted by Gasteiger charge is 2.38. The number of fused-ring (bicyclic) bond motifs is 1. The number of alkyl halides is 3. The van der Waals surface area contributed by atoms with Gasteiger partial charge in [0.2, 0.25) is 0 Å². The van der Waals surface area contributed by atoms with E-state index >= 15 is 0 Å². The molecule has 0 saturated heterocycles. The van der Waals surface area contributed by atoms with Gasteiger partial charge in [-0.15, -0.1) is 0 Å². The van der Waals surface area contributed by atoms with Crippen molar-refractivity contribution >= 4 is 23.3 Å². The van der Waals surface area contributed by atoms with Crippen molar-refractivity contribution in [1.82, 2.24) is 0 Å². The van der Waals surface area contributed by atoms with Gasteiger partial charge < -0.3 is 10.4 Å². The number of carboxylic acid groups (broad SMARTS) is 1. The molecular weight excluding hydrogens is 291 g/mol. The lowest BCUT2D eigenvalue weighted by Gasteiger charge is -2.08. The Balaban J connectivity index is 2.26. The maximum atomic E-state index is 12.1. The van der Waals surface area contributed by atoms with Crippen LogP contribution in [0.3, 0.4) is 0 Å². The third-order valence-electron chi connectivity index (χ3n) is 2.84. The summed E-state index contributed by atoms with van der Waals surface area (Å²) in [5, 5.41) is 10.3. The summed E-state index contributed by atoms with van der Waals surface area (Å²) in [6.07, 6.45) is -4.25. The summed E-state index contributed by atoms with van der Waals surface area (Å²) in [5.41, 5.74) is 0.511. The third kappa shape index (κ3) is 3.10. The minimum atomic E-state index is -5.01. The van der Waals surface area contributed by atoms with Crippen molar-refractivity contribution in [2.75, 3.05) is 5.32 Å². The standard InChI is InChI=1S/C13H8F3NO4/c14-13(15,16)12(21)17-8-1-2-9-6(4-8)3-7(11(9)20)5-10(18)19/h1-2,4-5H,3H2,(H,17,21)(H,18,19). The van der Waals surface area contributed by atoms with Crippen molar-refractivity contribution in [3.8, 4) is 0 Å². The van der Waals surface area contributed by atoms with E-state index < -0.39 is 23.8 Å². The first-order chi connectivity index (χ1) is 9.68. The van der Waals surface area contributed by atoms with Crippen LogP contribution in [0.4, 0.5) is 18.9 Å². The van der Waals surface area contributed by atoms with Gasteiger partial charge in [-0.1, -0.05) is 0 Å². The molecule has 5 nitrogen and oxygen atoms in total. The van der Waals surface area contributed by atoms with Gasteiger partial charge in [0.1, 0.15) is 0 Å². The second-order valence-corrected chi connectivity index (χ2v) is 4.34. The molecule has 0 unspecified atom stereocenters. The van der Waals surface area contributed by atoms with Crippen LogP contribution < -0.4 is 5.32 Å². The molecule has 8 heteroatoms. The molecule has 0 atom stereocenters. The van der Waals surface area contributed by atoms with Gasteiger partial charge in [-0.2, -0.15) is 13.2 Å². The fraction of sp³-hybridized carbons (Fsp3) is 0.154. The quantitative estimate of drug-likeness (QED) is 0.817. The first-order valence-corrected chi connectivity index (χ1v) is 5.68. The van der Waals surface area contributed by atoms with Crippen LogP contribution in [0.1, 0.15) is 15.9 Å². The van der Waals surface area contributed by atoms with E-state index in [9.17, 15) is 27.6 Å². The van der Waals surface area contributed by atoms with Crippen molar-refractivity contribution in [3.05, 3.63) is 41.0 Å². The lowest BCUT2D eigenvalue weighted by atomic mass is 10.1. The molecule has 1 amide bonds. The van der Waals surface area contributed by atoms with Crippen molar-refractivity contribution in [2.24, 2.45) is 0 Å². The lowest BCUT2D eigenvalue weighted by Crippen LogP contribution is -2.29. The Bertz CT molecular complexity index is 676. The van der Waals surface area contributed by atoms with E-state index in [-0.39, 0.29) is 23.2 Å². The average Bonchev–Trinajstić information content (AvgIpc) is 2.64. The number of ketones is 1. The van der Waals surface area contributed by atoms with E-state index in [0.717, 1.165) is 12.1 Å². The van der Waals surface area contributed by atoms with E-state index in [2.05, 4.69) is 0 Å². The van der Waals surface area contributed by atoms with Crippen LogP contribution in [0.15, 0.2) is 29.8 Å². The topological polar surface area (TPSA) is 83.5 Å². The Kier molecular flexibility index (Phi) is 3.54. The summed E-state index contributed by atoms with van der Waals surface area (Å²) >= 11 is 0. The number of halogens is 3. The van der Waals surface area contributed by atoms with Gasteiger partial charge in [0.05, 0.1) is 0 Å². The molecule has 0 heterocycles. The zero-order valence-electron chi connectivity index (χ0n) is 10.3. The monoisotopic (exact) mass is 299 g/mol. The minimum Gasteiger partial charge on any atom is -0.478 e. The molecule has 2 N–H and O–H groups in total. The molecule has 21 heavy (non-hydrogen) atoms. The summed E-state index contributed by atoms with van der Waals surface area (Å²) in [6, 6.07) is 3.63. The first-order valence-electron chi connectivity index (χ1n) is 5.68. The molecule has 2 rings (SSSR count). The largest absolute Gasteiger partial charge is 0.478 e. The zero-order chi connectivity index (χ0) is 15.8. The second-order valence-electron chi connectivity index (χ2n) is 4.34. The highest BCUT2D eigenvalue weighted by Crippen LogP contribution is 2.29. The number of carbonyl (C=O) groups is 3. The molecule has 0 saturated carbocycles. The van der Waals surface area contributed by atoms with Gasteiger partial charge in [0, 0.05) is 29.3 Å². The van der Waals surface area contributed by atoms with Crippen LogP contribution in [-0.2, 0) is 16.0 Å².